The number of hydrogen-bond acceptors (Lipinski definition) is 3. The van der Waals surface area contributed by atoms with Gasteiger partial charge in [0.2, 0.25) is 0 Å². The number of benzene rings is 1. The molecule has 0 bridgehead atoms. The molecule has 3 heteroatoms. The van der Waals surface area contributed by atoms with Crippen LogP contribution in [0.5, 0.6) is 0 Å². The van der Waals surface area contributed by atoms with E-state index in [0.29, 0.717) is 0 Å². The van der Waals surface area contributed by atoms with Crippen molar-refractivity contribution in [2.45, 2.75) is 32.9 Å². The first-order valence-electron chi connectivity index (χ1n) is 6.18. The third-order valence-electron chi connectivity index (χ3n) is 2.76. The number of hydrogen-bond donors (Lipinski definition) is 1. The molecular formula is C15H20N2O. The van der Waals surface area contributed by atoms with Crippen LogP contribution in [0.15, 0.2) is 48.3 Å². The van der Waals surface area contributed by atoms with Crippen molar-refractivity contribution in [1.82, 2.24) is 5.32 Å². The second-order valence-corrected chi connectivity index (χ2v) is 4.22. The predicted molar refractivity (Wildman–Crippen MR) is 77.0 cm³/mol. The molecular weight excluding hydrogens is 224 g/mol. The van der Waals surface area contributed by atoms with Crippen LogP contribution in [0.4, 0.5) is 0 Å². The van der Waals surface area contributed by atoms with Crippen LogP contribution in [0.3, 0.4) is 0 Å². The first-order valence-corrected chi connectivity index (χ1v) is 6.18. The highest BCUT2D eigenvalue weighted by Gasteiger charge is 2.03. The van der Waals surface area contributed by atoms with Crippen LogP contribution in [-0.4, -0.2) is 6.17 Å². The Balaban J connectivity index is 2.81. The van der Waals surface area contributed by atoms with Gasteiger partial charge in [-0.3, -0.25) is 0 Å². The molecule has 1 rings (SSSR count). The lowest BCUT2D eigenvalue weighted by Crippen LogP contribution is -2.18. The van der Waals surface area contributed by atoms with Gasteiger partial charge in [0.15, 0.2) is 6.17 Å². The molecule has 0 fully saturated rings. The van der Waals surface area contributed by atoms with Crippen LogP contribution >= 0.6 is 0 Å². The molecule has 0 aromatic heterocycles. The summed E-state index contributed by atoms with van der Waals surface area (Å²) >= 11 is 0. The summed E-state index contributed by atoms with van der Waals surface area (Å²) in [6.07, 6.45) is 4.95. The van der Waals surface area contributed by atoms with Gasteiger partial charge < -0.3 is 5.32 Å². The second kappa shape index (κ2) is 7.43. The average Bonchev–Trinajstić information content (AvgIpc) is 2.39. The van der Waals surface area contributed by atoms with E-state index in [2.05, 4.69) is 48.3 Å². The maximum Gasteiger partial charge on any atom is 0.180 e. The summed E-state index contributed by atoms with van der Waals surface area (Å²) in [7, 11) is 0. The van der Waals surface area contributed by atoms with Crippen molar-refractivity contribution in [3.8, 4) is 0 Å². The molecule has 0 heterocycles. The molecule has 0 spiro atoms. The predicted octanol–water partition coefficient (Wildman–Crippen LogP) is 3.87. The number of nitroso groups, excluding NO2 is 1. The van der Waals surface area contributed by atoms with E-state index in [9.17, 15) is 4.91 Å². The zero-order valence-electron chi connectivity index (χ0n) is 11.0. The van der Waals surface area contributed by atoms with E-state index in [1.54, 1.807) is 6.08 Å². The van der Waals surface area contributed by atoms with Crippen molar-refractivity contribution in [3.05, 3.63) is 59.2 Å². The van der Waals surface area contributed by atoms with E-state index in [-0.39, 0.29) is 0 Å². The van der Waals surface area contributed by atoms with Gasteiger partial charge in [-0.1, -0.05) is 44.2 Å². The number of nitrogens with one attached hydrogen (secondary N) is 1. The molecule has 3 nitrogen and oxygen atoms in total. The van der Waals surface area contributed by atoms with E-state index in [1.807, 2.05) is 6.92 Å². The van der Waals surface area contributed by atoms with Gasteiger partial charge in [-0.15, -0.1) is 4.91 Å². The van der Waals surface area contributed by atoms with Crippen LogP contribution in [0.1, 0.15) is 31.4 Å². The molecule has 0 aliphatic carbocycles. The first-order chi connectivity index (χ1) is 8.71. The van der Waals surface area contributed by atoms with Crippen LogP contribution in [0.2, 0.25) is 0 Å². The Morgan fingerprint density at radius 3 is 2.61 bits per heavy atom. The Kier molecular flexibility index (Phi) is 5.85. The molecule has 1 aromatic carbocycles. The van der Waals surface area contributed by atoms with Gasteiger partial charge in [-0.25, -0.2) is 0 Å². The van der Waals surface area contributed by atoms with Crippen LogP contribution < -0.4 is 5.32 Å². The molecule has 1 atom stereocenters. The van der Waals surface area contributed by atoms with Crippen LogP contribution in [0.25, 0.3) is 5.57 Å². The van der Waals surface area contributed by atoms with Gasteiger partial charge in [-0.2, -0.15) is 0 Å². The topological polar surface area (TPSA) is 41.5 Å². The zero-order valence-corrected chi connectivity index (χ0v) is 11.0. The third-order valence-corrected chi connectivity index (χ3v) is 2.76. The lowest BCUT2D eigenvalue weighted by Gasteiger charge is -2.07. The van der Waals surface area contributed by atoms with E-state index >= 15 is 0 Å². The summed E-state index contributed by atoms with van der Waals surface area (Å²) in [5.74, 6) is 0. The minimum atomic E-state index is -0.558. The molecule has 0 radical (unpaired) electrons. The Hall–Kier alpha value is -1.90. The molecule has 1 N–H and O–H groups in total. The monoisotopic (exact) mass is 244 g/mol. The molecule has 96 valence electrons. The van der Waals surface area contributed by atoms with Gasteiger partial charge in [0.25, 0.3) is 0 Å². The molecule has 0 amide bonds. The highest BCUT2D eigenvalue weighted by Crippen LogP contribution is 2.16. The molecule has 0 aliphatic rings. The Labute approximate surface area is 109 Å². The largest absolute Gasteiger partial charge is 0.364 e. The minimum absolute atomic E-state index is 0.558. The fourth-order valence-corrected chi connectivity index (χ4v) is 1.79. The van der Waals surface area contributed by atoms with E-state index in [0.717, 1.165) is 24.0 Å². The van der Waals surface area contributed by atoms with Crippen molar-refractivity contribution in [2.75, 3.05) is 0 Å². The number of aryl methyl sites for hydroxylation is 1. The summed E-state index contributed by atoms with van der Waals surface area (Å²) in [6, 6.07) is 8.40. The van der Waals surface area contributed by atoms with Crippen molar-refractivity contribution in [2.24, 2.45) is 5.18 Å². The van der Waals surface area contributed by atoms with Gasteiger partial charge in [0, 0.05) is 0 Å². The molecule has 0 saturated heterocycles. The molecule has 1 unspecified atom stereocenters. The van der Waals surface area contributed by atoms with E-state index < -0.39 is 6.17 Å². The van der Waals surface area contributed by atoms with Gasteiger partial charge in [-0.05, 0) is 47.5 Å². The first kappa shape index (κ1) is 14.2. The molecule has 18 heavy (non-hydrogen) atoms. The summed E-state index contributed by atoms with van der Waals surface area (Å²) in [4.78, 5) is 10.6. The van der Waals surface area contributed by atoms with Crippen molar-refractivity contribution in [1.29, 1.82) is 0 Å². The Bertz CT molecular complexity index is 421. The number of allylic oxidation sites excluding steroid dienone is 1. The SMILES string of the molecule is C=CNC(/C=C(\C)c1ccc(CCC)cc1)N=O. The normalized spacial score (nSPS) is 12.9. The van der Waals surface area contributed by atoms with Crippen LogP contribution in [0, 0.1) is 4.91 Å². The maximum atomic E-state index is 10.6. The quantitative estimate of drug-likeness (QED) is 0.740. The third kappa shape index (κ3) is 4.17. The van der Waals surface area contributed by atoms with E-state index in [1.165, 1.54) is 11.8 Å². The average molecular weight is 244 g/mol. The fraction of sp³-hybridized carbons (Fsp3) is 0.333. The van der Waals surface area contributed by atoms with Crippen molar-refractivity contribution >= 4 is 5.57 Å². The Morgan fingerprint density at radius 1 is 1.44 bits per heavy atom. The van der Waals surface area contributed by atoms with Crippen molar-refractivity contribution < 1.29 is 0 Å². The maximum absolute atomic E-state index is 10.6. The van der Waals surface area contributed by atoms with Crippen molar-refractivity contribution in [3.63, 3.8) is 0 Å². The highest BCUT2D eigenvalue weighted by molar-refractivity contribution is 5.64. The smallest absolute Gasteiger partial charge is 0.180 e. The van der Waals surface area contributed by atoms with Crippen LogP contribution in [-0.2, 0) is 6.42 Å². The summed E-state index contributed by atoms with van der Waals surface area (Å²) < 4.78 is 0. The minimum Gasteiger partial charge on any atom is -0.364 e. The number of rotatable bonds is 7. The molecule has 0 saturated carbocycles. The zero-order chi connectivity index (χ0) is 13.4. The van der Waals surface area contributed by atoms with Gasteiger partial charge in [0.1, 0.15) is 0 Å². The summed E-state index contributed by atoms with van der Waals surface area (Å²) in [5.41, 5.74) is 3.47. The Morgan fingerprint density at radius 2 is 2.11 bits per heavy atom. The van der Waals surface area contributed by atoms with E-state index in [4.69, 9.17) is 0 Å². The van der Waals surface area contributed by atoms with Gasteiger partial charge >= 0.3 is 0 Å². The number of nitrogens with zero attached hydrogens (tertiary/aromatic N) is 1. The fourth-order valence-electron chi connectivity index (χ4n) is 1.79. The van der Waals surface area contributed by atoms with Gasteiger partial charge in [0.05, 0.1) is 0 Å². The standard InChI is InChI=1S/C15H20N2O/c1-4-6-13-7-9-14(10-8-13)12(3)11-15(17-18)16-5-2/h5,7-11,15-16H,2,4,6H2,1,3H3/b12-11+. The lowest BCUT2D eigenvalue weighted by atomic mass is 10.0. The second-order valence-electron chi connectivity index (χ2n) is 4.22. The summed E-state index contributed by atoms with van der Waals surface area (Å²) in [6.45, 7) is 7.66. The molecule has 0 aliphatic heterocycles. The lowest BCUT2D eigenvalue weighted by molar-refractivity contribution is 0.734. The summed E-state index contributed by atoms with van der Waals surface area (Å²) in [5, 5.41) is 5.75. The highest BCUT2D eigenvalue weighted by atomic mass is 16.3. The molecule has 1 aromatic rings.